The van der Waals surface area contributed by atoms with Crippen LogP contribution in [0.25, 0.3) is 22.3 Å². The summed E-state index contributed by atoms with van der Waals surface area (Å²) in [6.45, 7) is 1.85. The molecular weight excluding hydrogens is 276 g/mol. The van der Waals surface area contributed by atoms with E-state index in [0.717, 1.165) is 22.3 Å². The van der Waals surface area contributed by atoms with Crippen molar-refractivity contribution in [3.05, 3.63) is 66.2 Å². The fourth-order valence-electron chi connectivity index (χ4n) is 2.51. The minimum absolute atomic E-state index is 0.145. The molecule has 22 heavy (non-hydrogen) atoms. The van der Waals surface area contributed by atoms with Gasteiger partial charge in [0.15, 0.2) is 11.5 Å². The van der Waals surface area contributed by atoms with Crippen LogP contribution in [0, 0.1) is 6.92 Å². The highest BCUT2D eigenvalue weighted by Gasteiger charge is 2.11. The van der Waals surface area contributed by atoms with Gasteiger partial charge in [-0.1, -0.05) is 48.5 Å². The highest BCUT2D eigenvalue weighted by molar-refractivity contribution is 5.80. The second-order valence-corrected chi connectivity index (χ2v) is 5.23. The van der Waals surface area contributed by atoms with Crippen molar-refractivity contribution in [3.8, 4) is 39.5 Å². The number of benzene rings is 3. The summed E-state index contributed by atoms with van der Waals surface area (Å²) >= 11 is 0. The molecule has 110 valence electrons. The largest absolute Gasteiger partial charge is 0.507 e. The minimum atomic E-state index is -0.152. The summed E-state index contributed by atoms with van der Waals surface area (Å²) in [6, 6.07) is 17.9. The topological polar surface area (TPSA) is 60.7 Å². The van der Waals surface area contributed by atoms with Crippen molar-refractivity contribution in [2.75, 3.05) is 0 Å². The lowest BCUT2D eigenvalue weighted by Gasteiger charge is -2.10. The first kappa shape index (κ1) is 14.0. The molecule has 3 aromatic carbocycles. The zero-order valence-corrected chi connectivity index (χ0v) is 12.1. The van der Waals surface area contributed by atoms with Crippen molar-refractivity contribution in [1.82, 2.24) is 0 Å². The molecule has 0 amide bonds. The first-order chi connectivity index (χ1) is 10.6. The predicted molar refractivity (Wildman–Crippen MR) is 87.0 cm³/mol. The molecule has 0 heterocycles. The van der Waals surface area contributed by atoms with Gasteiger partial charge in [-0.15, -0.1) is 0 Å². The molecule has 3 aromatic rings. The molecule has 0 radical (unpaired) electrons. The van der Waals surface area contributed by atoms with Crippen LogP contribution in [0.1, 0.15) is 5.56 Å². The zero-order chi connectivity index (χ0) is 15.7. The summed E-state index contributed by atoms with van der Waals surface area (Å²) < 4.78 is 0. The van der Waals surface area contributed by atoms with E-state index in [9.17, 15) is 15.3 Å². The van der Waals surface area contributed by atoms with Crippen LogP contribution in [0.3, 0.4) is 0 Å². The van der Waals surface area contributed by atoms with Gasteiger partial charge >= 0.3 is 0 Å². The fraction of sp³-hybridized carbons (Fsp3) is 0.0526. The number of phenols is 3. The van der Waals surface area contributed by atoms with Crippen LogP contribution in [-0.2, 0) is 0 Å². The van der Waals surface area contributed by atoms with Crippen molar-refractivity contribution in [3.63, 3.8) is 0 Å². The van der Waals surface area contributed by atoms with Gasteiger partial charge in [-0.05, 0) is 35.7 Å². The number of aromatic hydroxyl groups is 3. The number of rotatable bonds is 2. The van der Waals surface area contributed by atoms with E-state index in [0.29, 0.717) is 5.56 Å². The maximum absolute atomic E-state index is 10.2. The lowest BCUT2D eigenvalue weighted by atomic mass is 9.97. The third kappa shape index (κ3) is 2.37. The number of para-hydroxylation sites is 2. The highest BCUT2D eigenvalue weighted by atomic mass is 16.3. The molecule has 3 N–H and O–H groups in total. The Balaban J connectivity index is 2.14. The standard InChI is InChI=1S/C19H16O3/c1-12-5-2-8-15(18(12)21)13-6-3-7-14(11-13)16-9-4-10-17(20)19(16)22/h2-11,20-22H,1H3. The van der Waals surface area contributed by atoms with E-state index < -0.39 is 0 Å². The summed E-state index contributed by atoms with van der Waals surface area (Å²) in [5.74, 6) is -0.0470. The Bertz CT molecular complexity index is 771. The summed E-state index contributed by atoms with van der Waals surface area (Å²) in [4.78, 5) is 0. The Hall–Kier alpha value is -2.94. The maximum Gasteiger partial charge on any atom is 0.165 e. The van der Waals surface area contributed by atoms with Crippen LogP contribution in [0.4, 0.5) is 0 Å². The van der Waals surface area contributed by atoms with Crippen LogP contribution in [0.2, 0.25) is 0 Å². The lowest BCUT2D eigenvalue weighted by molar-refractivity contribution is 0.405. The fourth-order valence-corrected chi connectivity index (χ4v) is 2.51. The third-order valence-electron chi connectivity index (χ3n) is 3.74. The Morgan fingerprint density at radius 2 is 1.18 bits per heavy atom. The van der Waals surface area contributed by atoms with E-state index in [1.807, 2.05) is 49.4 Å². The lowest BCUT2D eigenvalue weighted by Crippen LogP contribution is -1.85. The average Bonchev–Trinajstić information content (AvgIpc) is 2.53. The average molecular weight is 292 g/mol. The molecule has 0 saturated heterocycles. The molecule has 0 aromatic heterocycles. The minimum Gasteiger partial charge on any atom is -0.507 e. The number of aryl methyl sites for hydroxylation is 1. The van der Waals surface area contributed by atoms with Crippen molar-refractivity contribution in [2.24, 2.45) is 0 Å². The molecule has 0 unspecified atom stereocenters. The molecule has 3 nitrogen and oxygen atoms in total. The monoisotopic (exact) mass is 292 g/mol. The van der Waals surface area contributed by atoms with E-state index in [1.54, 1.807) is 12.1 Å². The number of hydrogen-bond acceptors (Lipinski definition) is 3. The molecule has 0 aliphatic rings. The molecular formula is C19H16O3. The second kappa shape index (κ2) is 5.45. The third-order valence-corrected chi connectivity index (χ3v) is 3.74. The van der Waals surface area contributed by atoms with E-state index in [1.165, 1.54) is 6.07 Å². The molecule has 3 heteroatoms. The van der Waals surface area contributed by atoms with Gasteiger partial charge in [-0.2, -0.15) is 0 Å². The second-order valence-electron chi connectivity index (χ2n) is 5.23. The van der Waals surface area contributed by atoms with Gasteiger partial charge in [0, 0.05) is 11.1 Å². The molecule has 0 bridgehead atoms. The van der Waals surface area contributed by atoms with E-state index >= 15 is 0 Å². The van der Waals surface area contributed by atoms with Crippen LogP contribution in [-0.4, -0.2) is 15.3 Å². The first-order valence-corrected chi connectivity index (χ1v) is 6.98. The Morgan fingerprint density at radius 1 is 0.636 bits per heavy atom. The molecule has 0 aliphatic carbocycles. The normalized spacial score (nSPS) is 10.6. The van der Waals surface area contributed by atoms with Crippen molar-refractivity contribution in [1.29, 1.82) is 0 Å². The maximum atomic E-state index is 10.2. The van der Waals surface area contributed by atoms with Gasteiger partial charge in [0.1, 0.15) is 5.75 Å². The summed E-state index contributed by atoms with van der Waals surface area (Å²) in [5, 5.41) is 29.9. The van der Waals surface area contributed by atoms with Gasteiger partial charge in [0.2, 0.25) is 0 Å². The van der Waals surface area contributed by atoms with E-state index in [2.05, 4.69) is 0 Å². The quantitative estimate of drug-likeness (QED) is 0.612. The van der Waals surface area contributed by atoms with Gasteiger partial charge in [-0.3, -0.25) is 0 Å². The van der Waals surface area contributed by atoms with Crippen LogP contribution >= 0.6 is 0 Å². The molecule has 0 atom stereocenters. The summed E-state index contributed by atoms with van der Waals surface area (Å²) in [5.41, 5.74) is 3.71. The summed E-state index contributed by atoms with van der Waals surface area (Å²) in [7, 11) is 0. The molecule has 0 spiro atoms. The van der Waals surface area contributed by atoms with E-state index in [-0.39, 0.29) is 17.2 Å². The first-order valence-electron chi connectivity index (χ1n) is 6.98. The van der Waals surface area contributed by atoms with Crippen molar-refractivity contribution < 1.29 is 15.3 Å². The molecule has 0 aliphatic heterocycles. The number of phenolic OH excluding ortho intramolecular Hbond substituents is 3. The summed E-state index contributed by atoms with van der Waals surface area (Å²) in [6.07, 6.45) is 0. The Labute approximate surface area is 128 Å². The van der Waals surface area contributed by atoms with Crippen LogP contribution in [0.5, 0.6) is 17.2 Å². The molecule has 0 fully saturated rings. The van der Waals surface area contributed by atoms with Crippen LogP contribution < -0.4 is 0 Å². The smallest absolute Gasteiger partial charge is 0.165 e. The number of hydrogen-bond donors (Lipinski definition) is 3. The van der Waals surface area contributed by atoms with Crippen LogP contribution in [0.15, 0.2) is 60.7 Å². The van der Waals surface area contributed by atoms with Crippen molar-refractivity contribution >= 4 is 0 Å². The van der Waals surface area contributed by atoms with Gasteiger partial charge in [0.05, 0.1) is 0 Å². The van der Waals surface area contributed by atoms with Gasteiger partial charge in [0.25, 0.3) is 0 Å². The molecule has 3 rings (SSSR count). The zero-order valence-electron chi connectivity index (χ0n) is 12.1. The highest BCUT2D eigenvalue weighted by Crippen LogP contribution is 2.39. The van der Waals surface area contributed by atoms with Gasteiger partial charge in [-0.25, -0.2) is 0 Å². The Kier molecular flexibility index (Phi) is 3.47. The Morgan fingerprint density at radius 3 is 1.86 bits per heavy atom. The van der Waals surface area contributed by atoms with E-state index in [4.69, 9.17) is 0 Å². The van der Waals surface area contributed by atoms with Crippen molar-refractivity contribution in [2.45, 2.75) is 6.92 Å². The van der Waals surface area contributed by atoms with Gasteiger partial charge < -0.3 is 15.3 Å². The SMILES string of the molecule is Cc1cccc(-c2cccc(-c3cccc(O)c3O)c2)c1O. The molecule has 0 saturated carbocycles. The predicted octanol–water partition coefficient (Wildman–Crippen LogP) is 4.45.